The molecule has 2 rings (SSSR count). The van der Waals surface area contributed by atoms with Gasteiger partial charge in [-0.2, -0.15) is 0 Å². The van der Waals surface area contributed by atoms with E-state index in [1.54, 1.807) is 0 Å². The van der Waals surface area contributed by atoms with Crippen LogP contribution < -0.4 is 5.32 Å². The van der Waals surface area contributed by atoms with Crippen LogP contribution in [-0.2, 0) is 33.3 Å². The molecule has 1 amide bonds. The number of amides is 1. The Morgan fingerprint density at radius 1 is 1.02 bits per heavy atom. The predicted octanol–water partition coefficient (Wildman–Crippen LogP) is -8.38. The molecular weight excluding hydrogens is 594 g/mol. The standard InChI is InChI=1S/C23H39NO19/c1-7(29)24-13-8(30)2-23(22(38)39,42-19(13)15(35)10(32)4-26)43-20-16(36)12(6-28)40-21(17(20)37)41-18(11(33)5-27)14(34)9(31)3-25/h3,8-21,26-28,30-37H,2,4-6H2,1H3,(H,24,29)(H,38,39)/t8-,9-,10+,11+,12+,13?,14+,15+,16-,17+,18?,19+,20-,21-,23-/m0/s1. The van der Waals surface area contributed by atoms with Crippen molar-refractivity contribution in [3.63, 3.8) is 0 Å². The summed E-state index contributed by atoms with van der Waals surface area (Å²) in [5.74, 6) is -5.85. The predicted molar refractivity (Wildman–Crippen MR) is 131 cm³/mol. The topological polar surface area (TPSA) is 343 Å². The van der Waals surface area contributed by atoms with Gasteiger partial charge in [-0.15, -0.1) is 0 Å². The molecule has 2 fully saturated rings. The van der Waals surface area contributed by atoms with Gasteiger partial charge in [0.05, 0.1) is 32.0 Å². The third-order valence-electron chi connectivity index (χ3n) is 7.02. The fourth-order valence-corrected chi connectivity index (χ4v) is 4.71. The molecular formula is C23H39NO19. The number of aliphatic hydroxyl groups is 11. The Bertz CT molecular complexity index is 927. The van der Waals surface area contributed by atoms with Gasteiger partial charge in [-0.05, 0) is 0 Å². The van der Waals surface area contributed by atoms with Crippen LogP contribution in [0.15, 0.2) is 0 Å². The van der Waals surface area contributed by atoms with Gasteiger partial charge in [0.2, 0.25) is 5.91 Å². The van der Waals surface area contributed by atoms with Gasteiger partial charge in [0.25, 0.3) is 5.79 Å². The molecule has 0 aromatic rings. The zero-order valence-corrected chi connectivity index (χ0v) is 22.7. The lowest BCUT2D eigenvalue weighted by Crippen LogP contribution is -2.70. The van der Waals surface area contributed by atoms with Gasteiger partial charge in [-0.1, -0.05) is 0 Å². The van der Waals surface area contributed by atoms with Crippen molar-refractivity contribution in [3.8, 4) is 0 Å². The second-order valence-corrected chi connectivity index (χ2v) is 10.1. The monoisotopic (exact) mass is 633 g/mol. The first-order valence-corrected chi connectivity index (χ1v) is 13.0. The minimum absolute atomic E-state index is 0.134. The SMILES string of the molecule is CC(=O)NC1[C@H]([C@H](O)[C@H](O)CO)O[C@@](O[C@H]2[C@@H](O)[C@@H](CO)O[C@@H](OC([C@H](O)CO)[C@H](O)[C@@H](O)C=O)[C@@H]2O)(C(=O)O)C[C@@H]1O. The highest BCUT2D eigenvalue weighted by atomic mass is 16.8. The van der Waals surface area contributed by atoms with Crippen LogP contribution in [0.2, 0.25) is 0 Å². The van der Waals surface area contributed by atoms with Crippen LogP contribution in [0.1, 0.15) is 13.3 Å². The lowest BCUT2D eigenvalue weighted by molar-refractivity contribution is -0.377. The smallest absolute Gasteiger partial charge is 0.364 e. The maximum absolute atomic E-state index is 12.5. The Morgan fingerprint density at radius 3 is 2.12 bits per heavy atom. The van der Waals surface area contributed by atoms with E-state index >= 15 is 0 Å². The Labute approximate surface area is 243 Å². The lowest BCUT2D eigenvalue weighted by Gasteiger charge is -2.50. The van der Waals surface area contributed by atoms with Crippen LogP contribution in [0.5, 0.6) is 0 Å². The molecule has 250 valence electrons. The van der Waals surface area contributed by atoms with Gasteiger partial charge in [0, 0.05) is 13.3 Å². The van der Waals surface area contributed by atoms with Gasteiger partial charge in [0.15, 0.2) is 12.6 Å². The number of aldehydes is 1. The van der Waals surface area contributed by atoms with Gasteiger partial charge in [0.1, 0.15) is 67.1 Å². The molecule has 15 atom stereocenters. The summed E-state index contributed by atoms with van der Waals surface area (Å²) >= 11 is 0. The number of ether oxygens (including phenoxy) is 4. The Hall–Kier alpha value is -1.99. The average molecular weight is 634 g/mol. The summed E-state index contributed by atoms with van der Waals surface area (Å²) in [6.45, 7) is -2.18. The molecule has 2 aliphatic heterocycles. The van der Waals surface area contributed by atoms with Gasteiger partial charge in [-0.3, -0.25) is 4.79 Å². The zero-order chi connectivity index (χ0) is 32.8. The van der Waals surface area contributed by atoms with E-state index in [9.17, 15) is 75.7 Å². The number of nitrogens with one attached hydrogen (secondary N) is 1. The van der Waals surface area contributed by atoms with Crippen molar-refractivity contribution in [3.05, 3.63) is 0 Å². The number of hydrogen-bond acceptors (Lipinski definition) is 18. The summed E-state index contributed by atoms with van der Waals surface area (Å²) in [6, 6.07) is -1.57. The number of carbonyl (C=O) groups is 3. The molecule has 2 unspecified atom stereocenters. The summed E-state index contributed by atoms with van der Waals surface area (Å²) < 4.78 is 21.5. The van der Waals surface area contributed by atoms with Crippen LogP contribution in [0.4, 0.5) is 0 Å². The summed E-state index contributed by atoms with van der Waals surface area (Å²) in [7, 11) is 0. The molecule has 0 bridgehead atoms. The highest BCUT2D eigenvalue weighted by Gasteiger charge is 2.59. The molecule has 20 nitrogen and oxygen atoms in total. The quantitative estimate of drug-likeness (QED) is 0.0744. The summed E-state index contributed by atoms with van der Waals surface area (Å²) in [5, 5.41) is 124. The van der Waals surface area contributed by atoms with E-state index in [2.05, 4.69) is 5.32 Å². The lowest BCUT2D eigenvalue weighted by atomic mass is 9.88. The van der Waals surface area contributed by atoms with E-state index in [0.717, 1.165) is 6.92 Å². The van der Waals surface area contributed by atoms with Crippen LogP contribution >= 0.6 is 0 Å². The van der Waals surface area contributed by atoms with Crippen molar-refractivity contribution in [1.29, 1.82) is 0 Å². The zero-order valence-electron chi connectivity index (χ0n) is 22.7. The van der Waals surface area contributed by atoms with Crippen molar-refractivity contribution in [2.45, 2.75) is 105 Å². The van der Waals surface area contributed by atoms with Crippen LogP contribution in [0.3, 0.4) is 0 Å². The number of rotatable bonds is 15. The molecule has 0 aromatic heterocycles. The molecule has 0 saturated carbocycles. The second kappa shape index (κ2) is 15.8. The van der Waals surface area contributed by atoms with E-state index < -0.39 is 129 Å². The number of carboxylic acid groups (broad SMARTS) is 1. The molecule has 0 aliphatic carbocycles. The number of carboxylic acids is 1. The first-order chi connectivity index (χ1) is 20.1. The van der Waals surface area contributed by atoms with Crippen molar-refractivity contribution in [2.75, 3.05) is 19.8 Å². The highest BCUT2D eigenvalue weighted by Crippen LogP contribution is 2.37. The first kappa shape index (κ1) is 37.2. The van der Waals surface area contributed by atoms with Crippen molar-refractivity contribution in [1.82, 2.24) is 5.32 Å². The van der Waals surface area contributed by atoms with E-state index in [4.69, 9.17) is 18.9 Å². The van der Waals surface area contributed by atoms with E-state index in [0.29, 0.717) is 0 Å². The van der Waals surface area contributed by atoms with E-state index in [1.165, 1.54) is 0 Å². The molecule has 43 heavy (non-hydrogen) atoms. The summed E-state index contributed by atoms with van der Waals surface area (Å²) in [6.07, 6.45) is -28.0. The first-order valence-electron chi connectivity index (χ1n) is 13.0. The third-order valence-corrected chi connectivity index (χ3v) is 7.02. The number of carbonyl (C=O) groups excluding carboxylic acids is 2. The van der Waals surface area contributed by atoms with Gasteiger partial charge in [-0.25, -0.2) is 4.79 Å². The van der Waals surface area contributed by atoms with E-state index in [1.807, 2.05) is 0 Å². The van der Waals surface area contributed by atoms with E-state index in [-0.39, 0.29) is 6.29 Å². The normalized spacial score (nSPS) is 37.4. The number of aliphatic hydroxyl groups excluding tert-OH is 11. The molecule has 2 aliphatic rings. The molecule has 2 saturated heterocycles. The minimum atomic E-state index is -3.07. The number of aliphatic carboxylic acids is 1. The highest BCUT2D eigenvalue weighted by molar-refractivity contribution is 5.76. The maximum Gasteiger partial charge on any atom is 0.364 e. The van der Waals surface area contributed by atoms with Crippen LogP contribution in [-0.4, -0.2) is 191 Å². The van der Waals surface area contributed by atoms with Crippen LogP contribution in [0.25, 0.3) is 0 Å². The second-order valence-electron chi connectivity index (χ2n) is 10.1. The van der Waals surface area contributed by atoms with Gasteiger partial charge >= 0.3 is 5.97 Å². The van der Waals surface area contributed by atoms with Crippen molar-refractivity contribution < 1.29 is 94.6 Å². The number of hydrogen-bond donors (Lipinski definition) is 13. The minimum Gasteiger partial charge on any atom is -0.477 e. The van der Waals surface area contributed by atoms with Crippen molar-refractivity contribution >= 4 is 18.2 Å². The van der Waals surface area contributed by atoms with Crippen molar-refractivity contribution in [2.24, 2.45) is 0 Å². The van der Waals surface area contributed by atoms with Crippen LogP contribution in [0, 0.1) is 0 Å². The Morgan fingerprint density at radius 2 is 1.63 bits per heavy atom. The van der Waals surface area contributed by atoms with Gasteiger partial charge < -0.3 is 90.3 Å². The summed E-state index contributed by atoms with van der Waals surface area (Å²) in [5.41, 5.74) is 0. The molecule has 13 N–H and O–H groups in total. The fraction of sp³-hybridized carbons (Fsp3) is 0.870. The molecule has 0 aromatic carbocycles. The fourth-order valence-electron chi connectivity index (χ4n) is 4.71. The maximum atomic E-state index is 12.5. The molecule has 2 heterocycles. The molecule has 0 radical (unpaired) electrons. The largest absolute Gasteiger partial charge is 0.477 e. The Balaban J connectivity index is 2.49. The Kier molecular flexibility index (Phi) is 13.7. The molecule has 20 heteroatoms. The average Bonchev–Trinajstić information content (AvgIpc) is 2.97. The summed E-state index contributed by atoms with van der Waals surface area (Å²) in [4.78, 5) is 35.2. The molecule has 0 spiro atoms. The third kappa shape index (κ3) is 8.39.